The number of nitrogens with zero attached hydrogens (tertiary/aromatic N) is 6. The van der Waals surface area contributed by atoms with Gasteiger partial charge >= 0.3 is 0 Å². The van der Waals surface area contributed by atoms with E-state index in [0.29, 0.717) is 5.92 Å². The molecule has 1 aromatic carbocycles. The number of aromatic nitrogens is 6. The zero-order chi connectivity index (χ0) is 17.3. The lowest BCUT2D eigenvalue weighted by molar-refractivity contribution is 0.883. The summed E-state index contributed by atoms with van der Waals surface area (Å²) < 4.78 is 7.44. The number of hydrogen-bond acceptors (Lipinski definition) is 7. The molecule has 0 unspecified atom stereocenters. The van der Waals surface area contributed by atoms with Crippen molar-refractivity contribution in [2.75, 3.05) is 0 Å². The van der Waals surface area contributed by atoms with E-state index in [9.17, 15) is 0 Å². The Morgan fingerprint density at radius 3 is 2.58 bits per heavy atom. The third-order valence-corrected chi connectivity index (χ3v) is 5.84. The molecule has 1 fully saturated rings. The third kappa shape index (κ3) is 3.02. The van der Waals surface area contributed by atoms with Crippen LogP contribution in [0.4, 0.5) is 0 Å². The summed E-state index contributed by atoms with van der Waals surface area (Å²) >= 11 is 2.94. The standard InChI is InChI=1S/C18H14N6S2/c1-2-4-14(5-3-1)24-16(13-8-10-19-11-9-13)21-22-17(24)25-18-20-15(23-26-18)12-6-7-12/h1-5,8-12H,6-7H2. The summed E-state index contributed by atoms with van der Waals surface area (Å²) in [6.07, 6.45) is 5.93. The number of rotatable bonds is 5. The van der Waals surface area contributed by atoms with Crippen LogP contribution in [-0.2, 0) is 0 Å². The van der Waals surface area contributed by atoms with E-state index in [1.807, 2.05) is 42.5 Å². The molecule has 0 bridgehead atoms. The molecule has 0 spiro atoms. The smallest absolute Gasteiger partial charge is 0.203 e. The lowest BCUT2D eigenvalue weighted by Crippen LogP contribution is -1.99. The van der Waals surface area contributed by atoms with E-state index in [4.69, 9.17) is 0 Å². The minimum Gasteiger partial charge on any atom is -0.270 e. The van der Waals surface area contributed by atoms with Crippen LogP contribution >= 0.6 is 23.3 Å². The maximum absolute atomic E-state index is 4.66. The highest BCUT2D eigenvalue weighted by molar-refractivity contribution is 8.00. The maximum Gasteiger partial charge on any atom is 0.203 e. The minimum absolute atomic E-state index is 0.556. The summed E-state index contributed by atoms with van der Waals surface area (Å²) in [7, 11) is 0. The molecule has 3 heterocycles. The minimum atomic E-state index is 0.556. The van der Waals surface area contributed by atoms with Crippen molar-refractivity contribution >= 4 is 23.3 Å². The first-order valence-corrected chi connectivity index (χ1v) is 9.90. The highest BCUT2D eigenvalue weighted by Gasteiger charge is 2.28. The van der Waals surface area contributed by atoms with Gasteiger partial charge in [-0.2, -0.15) is 4.37 Å². The molecular formula is C18H14N6S2. The highest BCUT2D eigenvalue weighted by Crippen LogP contribution is 2.41. The monoisotopic (exact) mass is 378 g/mol. The topological polar surface area (TPSA) is 69.4 Å². The van der Waals surface area contributed by atoms with Gasteiger partial charge in [-0.3, -0.25) is 9.55 Å². The van der Waals surface area contributed by atoms with Crippen molar-refractivity contribution in [3.05, 3.63) is 60.7 Å². The fourth-order valence-corrected chi connectivity index (χ4v) is 4.32. The second-order valence-corrected chi connectivity index (χ2v) is 7.97. The SMILES string of the molecule is c1ccc(-n2c(Sc3nc(C4CC4)ns3)nnc2-c2ccncc2)cc1. The van der Waals surface area contributed by atoms with Gasteiger partial charge in [-0.1, -0.05) is 18.2 Å². The molecule has 128 valence electrons. The molecular weight excluding hydrogens is 364 g/mol. The van der Waals surface area contributed by atoms with Crippen molar-refractivity contribution in [2.24, 2.45) is 0 Å². The van der Waals surface area contributed by atoms with Gasteiger partial charge in [0.05, 0.1) is 0 Å². The molecule has 6 nitrogen and oxygen atoms in total. The van der Waals surface area contributed by atoms with Crippen LogP contribution in [0.1, 0.15) is 24.6 Å². The molecule has 8 heteroatoms. The van der Waals surface area contributed by atoms with E-state index in [1.165, 1.54) is 36.1 Å². The van der Waals surface area contributed by atoms with Crippen LogP contribution in [0.5, 0.6) is 0 Å². The van der Waals surface area contributed by atoms with Crippen molar-refractivity contribution in [1.82, 2.24) is 29.1 Å². The van der Waals surface area contributed by atoms with Gasteiger partial charge in [0.2, 0.25) is 5.16 Å². The van der Waals surface area contributed by atoms with Gasteiger partial charge in [0.15, 0.2) is 10.2 Å². The summed E-state index contributed by atoms with van der Waals surface area (Å²) in [5, 5.41) is 9.64. The van der Waals surface area contributed by atoms with E-state index in [2.05, 4.69) is 29.1 Å². The molecule has 1 saturated carbocycles. The molecule has 3 aromatic heterocycles. The normalized spacial score (nSPS) is 13.8. The van der Waals surface area contributed by atoms with Gasteiger partial charge < -0.3 is 0 Å². The predicted molar refractivity (Wildman–Crippen MR) is 101 cm³/mol. The summed E-state index contributed by atoms with van der Waals surface area (Å²) in [5.74, 6) is 2.31. The number of para-hydroxylation sites is 1. The summed E-state index contributed by atoms with van der Waals surface area (Å²) in [6.45, 7) is 0. The summed E-state index contributed by atoms with van der Waals surface area (Å²) in [6, 6.07) is 14.0. The van der Waals surface area contributed by atoms with Crippen molar-refractivity contribution in [3.63, 3.8) is 0 Å². The van der Waals surface area contributed by atoms with Gasteiger partial charge in [-0.25, -0.2) is 4.98 Å². The molecule has 1 aliphatic rings. The molecule has 0 saturated heterocycles. The molecule has 0 radical (unpaired) electrons. The second-order valence-electron chi connectivity index (χ2n) is 6.01. The van der Waals surface area contributed by atoms with Crippen molar-refractivity contribution in [2.45, 2.75) is 28.3 Å². The van der Waals surface area contributed by atoms with Crippen LogP contribution in [0, 0.1) is 0 Å². The average molecular weight is 378 g/mol. The maximum atomic E-state index is 4.66. The molecule has 1 aliphatic carbocycles. The van der Waals surface area contributed by atoms with Gasteiger partial charge in [-0.05, 0) is 60.4 Å². The Bertz CT molecular complexity index is 1020. The average Bonchev–Trinajstić information content (AvgIpc) is 3.30. The zero-order valence-corrected chi connectivity index (χ0v) is 15.3. The fraction of sp³-hybridized carbons (Fsp3) is 0.167. The van der Waals surface area contributed by atoms with E-state index in [1.54, 1.807) is 12.4 Å². The molecule has 4 aromatic rings. The Morgan fingerprint density at radius 1 is 1.00 bits per heavy atom. The number of hydrogen-bond donors (Lipinski definition) is 0. The van der Waals surface area contributed by atoms with E-state index < -0.39 is 0 Å². The molecule has 0 amide bonds. The lowest BCUT2D eigenvalue weighted by Gasteiger charge is -2.09. The second kappa shape index (κ2) is 6.62. The van der Waals surface area contributed by atoms with Crippen molar-refractivity contribution < 1.29 is 0 Å². The molecule has 26 heavy (non-hydrogen) atoms. The number of benzene rings is 1. The Hall–Kier alpha value is -2.58. The van der Waals surface area contributed by atoms with E-state index >= 15 is 0 Å². The molecule has 0 aliphatic heterocycles. The largest absolute Gasteiger partial charge is 0.270 e. The van der Waals surface area contributed by atoms with Gasteiger partial charge in [0.25, 0.3) is 0 Å². The predicted octanol–water partition coefficient (Wildman–Crippen LogP) is 4.21. The van der Waals surface area contributed by atoms with Gasteiger partial charge in [0.1, 0.15) is 5.82 Å². The van der Waals surface area contributed by atoms with Crippen LogP contribution in [0.25, 0.3) is 17.1 Å². The molecule has 0 atom stereocenters. The first kappa shape index (κ1) is 15.7. The Balaban J connectivity index is 1.57. The first-order valence-electron chi connectivity index (χ1n) is 8.31. The number of pyridine rings is 1. The van der Waals surface area contributed by atoms with Gasteiger partial charge in [-0.15, -0.1) is 10.2 Å². The Labute approximate surface area is 158 Å². The van der Waals surface area contributed by atoms with Crippen LogP contribution in [0.2, 0.25) is 0 Å². The summed E-state index contributed by atoms with van der Waals surface area (Å²) in [5.41, 5.74) is 1.98. The quantitative estimate of drug-likeness (QED) is 0.518. The Morgan fingerprint density at radius 2 is 1.81 bits per heavy atom. The highest BCUT2D eigenvalue weighted by atomic mass is 32.2. The first-order chi connectivity index (χ1) is 12.9. The van der Waals surface area contributed by atoms with Crippen LogP contribution in [0.15, 0.2) is 64.4 Å². The van der Waals surface area contributed by atoms with Crippen molar-refractivity contribution in [3.8, 4) is 17.1 Å². The van der Waals surface area contributed by atoms with Crippen LogP contribution in [-0.4, -0.2) is 29.1 Å². The summed E-state index contributed by atoms with van der Waals surface area (Å²) in [4.78, 5) is 8.76. The van der Waals surface area contributed by atoms with Crippen molar-refractivity contribution in [1.29, 1.82) is 0 Å². The Kier molecular flexibility index (Phi) is 3.99. The zero-order valence-electron chi connectivity index (χ0n) is 13.7. The third-order valence-electron chi connectivity index (χ3n) is 4.13. The van der Waals surface area contributed by atoms with E-state index in [-0.39, 0.29) is 0 Å². The molecule has 0 N–H and O–H groups in total. The fourth-order valence-electron chi connectivity index (χ4n) is 2.68. The van der Waals surface area contributed by atoms with E-state index in [0.717, 1.165) is 32.4 Å². The molecule has 5 rings (SSSR count). The van der Waals surface area contributed by atoms with Crippen LogP contribution < -0.4 is 0 Å². The van der Waals surface area contributed by atoms with Gasteiger partial charge in [0, 0.05) is 29.6 Å². The lowest BCUT2D eigenvalue weighted by atomic mass is 10.2. The van der Waals surface area contributed by atoms with Crippen LogP contribution in [0.3, 0.4) is 0 Å².